The Balaban J connectivity index is 1.61. The SMILES string of the molecule is CC[C@@H](Oc1ccccc1)C(=O)Nc1ccc(S(=O)(=O)NCc2ccccc2)cc1. The van der Waals surface area contributed by atoms with Crippen molar-refractivity contribution in [2.75, 3.05) is 5.32 Å². The third kappa shape index (κ3) is 5.92. The van der Waals surface area contributed by atoms with Crippen LogP contribution >= 0.6 is 0 Å². The first kappa shape index (κ1) is 21.5. The van der Waals surface area contributed by atoms with Crippen LogP contribution in [-0.2, 0) is 21.4 Å². The van der Waals surface area contributed by atoms with Crippen LogP contribution in [0.15, 0.2) is 89.8 Å². The average Bonchev–Trinajstić information content (AvgIpc) is 2.78. The lowest BCUT2D eigenvalue weighted by Crippen LogP contribution is -2.32. The van der Waals surface area contributed by atoms with E-state index in [1.165, 1.54) is 12.1 Å². The summed E-state index contributed by atoms with van der Waals surface area (Å²) in [7, 11) is -3.65. The molecule has 1 atom stereocenters. The van der Waals surface area contributed by atoms with Gasteiger partial charge in [0.05, 0.1) is 4.90 Å². The fourth-order valence-electron chi connectivity index (χ4n) is 2.78. The van der Waals surface area contributed by atoms with Gasteiger partial charge in [-0.25, -0.2) is 13.1 Å². The number of carbonyl (C=O) groups is 1. The zero-order chi connectivity index (χ0) is 21.4. The van der Waals surface area contributed by atoms with E-state index in [4.69, 9.17) is 4.74 Å². The van der Waals surface area contributed by atoms with Crippen molar-refractivity contribution >= 4 is 21.6 Å². The van der Waals surface area contributed by atoms with Crippen LogP contribution in [0.5, 0.6) is 5.75 Å². The molecule has 3 aromatic carbocycles. The van der Waals surface area contributed by atoms with Crippen molar-refractivity contribution < 1.29 is 17.9 Å². The molecule has 2 N–H and O–H groups in total. The number of hydrogen-bond acceptors (Lipinski definition) is 4. The molecule has 0 saturated heterocycles. The molecule has 0 bridgehead atoms. The Hall–Kier alpha value is -3.16. The fourth-order valence-corrected chi connectivity index (χ4v) is 3.80. The predicted molar refractivity (Wildman–Crippen MR) is 117 cm³/mol. The summed E-state index contributed by atoms with van der Waals surface area (Å²) in [4.78, 5) is 12.7. The van der Waals surface area contributed by atoms with Gasteiger partial charge in [-0.05, 0) is 48.4 Å². The smallest absolute Gasteiger partial charge is 0.265 e. The molecule has 30 heavy (non-hydrogen) atoms. The van der Waals surface area contributed by atoms with Crippen molar-refractivity contribution in [1.82, 2.24) is 4.72 Å². The molecule has 0 radical (unpaired) electrons. The van der Waals surface area contributed by atoms with Crippen LogP contribution < -0.4 is 14.8 Å². The van der Waals surface area contributed by atoms with E-state index in [1.807, 2.05) is 55.5 Å². The Morgan fingerprint density at radius 3 is 2.10 bits per heavy atom. The van der Waals surface area contributed by atoms with Crippen LogP contribution in [0.2, 0.25) is 0 Å². The second kappa shape index (κ2) is 10.0. The van der Waals surface area contributed by atoms with Gasteiger partial charge in [0.2, 0.25) is 10.0 Å². The van der Waals surface area contributed by atoms with Gasteiger partial charge in [-0.3, -0.25) is 4.79 Å². The lowest BCUT2D eigenvalue weighted by atomic mass is 10.2. The molecule has 0 aliphatic heterocycles. The third-order valence-corrected chi connectivity index (χ3v) is 5.84. The molecule has 0 saturated carbocycles. The van der Waals surface area contributed by atoms with E-state index in [0.717, 1.165) is 5.56 Å². The Morgan fingerprint density at radius 1 is 0.900 bits per heavy atom. The first-order chi connectivity index (χ1) is 14.5. The Morgan fingerprint density at radius 2 is 1.50 bits per heavy atom. The number of benzene rings is 3. The lowest BCUT2D eigenvalue weighted by molar-refractivity contribution is -0.122. The number of rotatable bonds is 9. The average molecular weight is 425 g/mol. The first-order valence-electron chi connectivity index (χ1n) is 9.64. The van der Waals surface area contributed by atoms with Crippen molar-refractivity contribution in [3.05, 3.63) is 90.5 Å². The molecule has 0 aliphatic rings. The van der Waals surface area contributed by atoms with Crippen LogP contribution in [-0.4, -0.2) is 20.4 Å². The number of carbonyl (C=O) groups excluding carboxylic acids is 1. The summed E-state index contributed by atoms with van der Waals surface area (Å²) >= 11 is 0. The van der Waals surface area contributed by atoms with Crippen molar-refractivity contribution in [2.24, 2.45) is 0 Å². The number of anilines is 1. The molecule has 3 rings (SSSR count). The molecule has 0 spiro atoms. The molecule has 0 aromatic heterocycles. The highest BCUT2D eigenvalue weighted by atomic mass is 32.2. The molecular formula is C23H24N2O4S. The highest BCUT2D eigenvalue weighted by Gasteiger charge is 2.19. The van der Waals surface area contributed by atoms with Crippen LogP contribution in [0.25, 0.3) is 0 Å². The van der Waals surface area contributed by atoms with E-state index in [2.05, 4.69) is 10.0 Å². The Bertz CT molecular complexity index is 1050. The minimum Gasteiger partial charge on any atom is -0.481 e. The zero-order valence-electron chi connectivity index (χ0n) is 16.6. The minimum atomic E-state index is -3.65. The molecule has 6 nitrogen and oxygen atoms in total. The standard InChI is InChI=1S/C23H24N2O4S/c1-2-22(29-20-11-7-4-8-12-20)23(26)25-19-13-15-21(16-14-19)30(27,28)24-17-18-9-5-3-6-10-18/h3-16,22,24H,2,17H2,1H3,(H,25,26)/t22-/m1/s1. The molecular weight excluding hydrogens is 400 g/mol. The van der Waals surface area contributed by atoms with Gasteiger partial charge >= 0.3 is 0 Å². The van der Waals surface area contributed by atoms with Gasteiger partial charge < -0.3 is 10.1 Å². The zero-order valence-corrected chi connectivity index (χ0v) is 17.4. The van der Waals surface area contributed by atoms with Crippen LogP contribution in [0.1, 0.15) is 18.9 Å². The summed E-state index contributed by atoms with van der Waals surface area (Å²) < 4.78 is 33.3. The van der Waals surface area contributed by atoms with Gasteiger partial charge in [0.15, 0.2) is 6.10 Å². The highest BCUT2D eigenvalue weighted by molar-refractivity contribution is 7.89. The summed E-state index contributed by atoms with van der Waals surface area (Å²) in [6, 6.07) is 24.4. The van der Waals surface area contributed by atoms with Gasteiger partial charge in [-0.1, -0.05) is 55.5 Å². The van der Waals surface area contributed by atoms with Crippen LogP contribution in [0.3, 0.4) is 0 Å². The topological polar surface area (TPSA) is 84.5 Å². The van der Waals surface area contributed by atoms with Gasteiger partial charge in [-0.15, -0.1) is 0 Å². The molecule has 0 heterocycles. The maximum absolute atomic E-state index is 12.5. The number of para-hydroxylation sites is 1. The molecule has 0 aliphatic carbocycles. The number of sulfonamides is 1. The predicted octanol–water partition coefficient (Wildman–Crippen LogP) is 3.96. The molecule has 156 valence electrons. The largest absolute Gasteiger partial charge is 0.481 e. The summed E-state index contributed by atoms with van der Waals surface area (Å²) in [5.41, 5.74) is 1.37. The molecule has 7 heteroatoms. The fraction of sp³-hybridized carbons (Fsp3) is 0.174. The second-order valence-electron chi connectivity index (χ2n) is 6.65. The van der Waals surface area contributed by atoms with Gasteiger partial charge in [0.1, 0.15) is 5.75 Å². The molecule has 3 aromatic rings. The first-order valence-corrected chi connectivity index (χ1v) is 11.1. The van der Waals surface area contributed by atoms with Crippen LogP contribution in [0, 0.1) is 0 Å². The maximum atomic E-state index is 12.5. The maximum Gasteiger partial charge on any atom is 0.265 e. The second-order valence-corrected chi connectivity index (χ2v) is 8.42. The number of nitrogens with one attached hydrogen (secondary N) is 2. The van der Waals surface area contributed by atoms with Gasteiger partial charge in [0.25, 0.3) is 5.91 Å². The van der Waals surface area contributed by atoms with Crippen molar-refractivity contribution in [3.63, 3.8) is 0 Å². The third-order valence-electron chi connectivity index (χ3n) is 4.43. The quantitative estimate of drug-likeness (QED) is 0.545. The number of ether oxygens (including phenoxy) is 1. The van der Waals surface area contributed by atoms with E-state index < -0.39 is 16.1 Å². The van der Waals surface area contributed by atoms with E-state index in [0.29, 0.717) is 17.9 Å². The van der Waals surface area contributed by atoms with E-state index >= 15 is 0 Å². The highest BCUT2D eigenvalue weighted by Crippen LogP contribution is 2.17. The summed E-state index contributed by atoms with van der Waals surface area (Å²) in [5.74, 6) is 0.324. The lowest BCUT2D eigenvalue weighted by Gasteiger charge is -2.17. The van der Waals surface area contributed by atoms with Gasteiger partial charge in [0, 0.05) is 12.2 Å². The normalized spacial score (nSPS) is 12.2. The Kier molecular flexibility index (Phi) is 7.21. The van der Waals surface area contributed by atoms with Crippen molar-refractivity contribution in [2.45, 2.75) is 30.9 Å². The van der Waals surface area contributed by atoms with E-state index in [1.54, 1.807) is 24.3 Å². The minimum absolute atomic E-state index is 0.129. The molecule has 0 unspecified atom stereocenters. The van der Waals surface area contributed by atoms with E-state index in [9.17, 15) is 13.2 Å². The van der Waals surface area contributed by atoms with E-state index in [-0.39, 0.29) is 17.3 Å². The number of amides is 1. The Labute approximate surface area is 177 Å². The molecule has 1 amide bonds. The summed E-state index contributed by atoms with van der Waals surface area (Å²) in [5, 5.41) is 2.77. The molecule has 0 fully saturated rings. The summed E-state index contributed by atoms with van der Waals surface area (Å²) in [6.45, 7) is 2.07. The van der Waals surface area contributed by atoms with Crippen molar-refractivity contribution in [3.8, 4) is 5.75 Å². The van der Waals surface area contributed by atoms with Crippen molar-refractivity contribution in [1.29, 1.82) is 0 Å². The number of hydrogen-bond donors (Lipinski definition) is 2. The summed E-state index contributed by atoms with van der Waals surface area (Å²) in [6.07, 6.45) is -0.153. The van der Waals surface area contributed by atoms with Gasteiger partial charge in [-0.2, -0.15) is 0 Å². The van der Waals surface area contributed by atoms with Crippen LogP contribution in [0.4, 0.5) is 5.69 Å². The monoisotopic (exact) mass is 424 g/mol.